The third kappa shape index (κ3) is 10.00. The van der Waals surface area contributed by atoms with Gasteiger partial charge in [0.15, 0.2) is 0 Å². The molecule has 0 spiro atoms. The number of rotatable bonds is 15. The van der Waals surface area contributed by atoms with Gasteiger partial charge in [-0.05, 0) is 81.5 Å². The molecular formula is C27H37NO5. The normalized spacial score (nSPS) is 11.6. The first-order valence-electron chi connectivity index (χ1n) is 11.4. The molecule has 0 aliphatic rings. The van der Waals surface area contributed by atoms with E-state index in [1.165, 1.54) is 7.11 Å². The molecule has 0 aromatic heterocycles. The smallest absolute Gasteiger partial charge is 0.125 e. The lowest BCUT2D eigenvalue weighted by atomic mass is 10.1. The van der Waals surface area contributed by atoms with Gasteiger partial charge in [-0.3, -0.25) is 0 Å². The highest BCUT2D eigenvalue weighted by atomic mass is 16.6. The van der Waals surface area contributed by atoms with E-state index in [-0.39, 0.29) is 0 Å². The Balaban J connectivity index is 1.69. The fourth-order valence-corrected chi connectivity index (χ4v) is 3.25. The zero-order valence-corrected chi connectivity index (χ0v) is 20.6. The molecule has 0 aliphatic carbocycles. The van der Waals surface area contributed by atoms with Crippen LogP contribution in [0.1, 0.15) is 43.4 Å². The number of hydrogen-bond acceptors (Lipinski definition) is 6. The molecule has 2 aromatic rings. The Morgan fingerprint density at radius 1 is 0.939 bits per heavy atom. The van der Waals surface area contributed by atoms with E-state index in [9.17, 15) is 0 Å². The number of ether oxygens (including phenoxy) is 4. The van der Waals surface area contributed by atoms with Gasteiger partial charge in [0.25, 0.3) is 0 Å². The SMILES string of the molecule is C/C=C/COc1cc(C)c(OCCCCOc2cccc(COCC(C)=NOC)c2)c(C)c1. The van der Waals surface area contributed by atoms with Crippen molar-refractivity contribution in [1.29, 1.82) is 0 Å². The van der Waals surface area contributed by atoms with Crippen LogP contribution in [0.5, 0.6) is 17.2 Å². The van der Waals surface area contributed by atoms with E-state index in [1.54, 1.807) is 0 Å². The van der Waals surface area contributed by atoms with Gasteiger partial charge >= 0.3 is 0 Å². The van der Waals surface area contributed by atoms with Crippen molar-refractivity contribution < 1.29 is 23.8 Å². The minimum Gasteiger partial charge on any atom is -0.494 e. The third-order valence-electron chi connectivity index (χ3n) is 4.79. The first-order valence-corrected chi connectivity index (χ1v) is 11.4. The van der Waals surface area contributed by atoms with Crippen LogP contribution in [0, 0.1) is 13.8 Å². The average molecular weight is 456 g/mol. The van der Waals surface area contributed by atoms with Gasteiger partial charge in [-0.25, -0.2) is 0 Å². The van der Waals surface area contributed by atoms with Crippen LogP contribution in [-0.2, 0) is 16.2 Å². The zero-order chi connectivity index (χ0) is 23.9. The van der Waals surface area contributed by atoms with Gasteiger partial charge in [0.05, 0.1) is 32.1 Å². The molecule has 0 heterocycles. The predicted molar refractivity (Wildman–Crippen MR) is 133 cm³/mol. The fourth-order valence-electron chi connectivity index (χ4n) is 3.25. The van der Waals surface area contributed by atoms with E-state index < -0.39 is 0 Å². The first kappa shape index (κ1) is 26.3. The maximum atomic E-state index is 6.04. The Bertz CT molecular complexity index is 884. The Morgan fingerprint density at radius 2 is 1.67 bits per heavy atom. The minimum atomic E-state index is 0.434. The molecule has 0 amide bonds. The average Bonchev–Trinajstić information content (AvgIpc) is 2.78. The van der Waals surface area contributed by atoms with Crippen molar-refractivity contribution >= 4 is 5.71 Å². The summed E-state index contributed by atoms with van der Waals surface area (Å²) in [6.45, 7) is 10.8. The molecule has 0 bridgehead atoms. The van der Waals surface area contributed by atoms with E-state index in [2.05, 4.69) is 19.0 Å². The molecule has 6 nitrogen and oxygen atoms in total. The van der Waals surface area contributed by atoms with Crippen LogP contribution in [0.3, 0.4) is 0 Å². The minimum absolute atomic E-state index is 0.434. The highest BCUT2D eigenvalue weighted by molar-refractivity contribution is 5.82. The van der Waals surface area contributed by atoms with Gasteiger partial charge in [0.1, 0.15) is 31.0 Å². The molecule has 0 unspecified atom stereocenters. The van der Waals surface area contributed by atoms with E-state index >= 15 is 0 Å². The molecule has 2 rings (SSSR count). The summed E-state index contributed by atoms with van der Waals surface area (Å²) in [7, 11) is 1.53. The number of hydrogen-bond donors (Lipinski definition) is 0. The summed E-state index contributed by atoms with van der Waals surface area (Å²) in [5.74, 6) is 2.65. The Kier molecular flexibility index (Phi) is 11.9. The van der Waals surface area contributed by atoms with Crippen LogP contribution in [0.15, 0.2) is 53.7 Å². The lowest BCUT2D eigenvalue weighted by Gasteiger charge is -2.14. The van der Waals surface area contributed by atoms with Crippen LogP contribution in [0.2, 0.25) is 0 Å². The molecule has 0 fully saturated rings. The highest BCUT2D eigenvalue weighted by Gasteiger charge is 2.07. The molecule has 0 aliphatic heterocycles. The second-order valence-electron chi connectivity index (χ2n) is 7.82. The molecule has 2 aromatic carbocycles. The first-order chi connectivity index (χ1) is 16.0. The summed E-state index contributed by atoms with van der Waals surface area (Å²) in [6, 6.07) is 12.0. The largest absolute Gasteiger partial charge is 0.494 e. The lowest BCUT2D eigenvalue weighted by Crippen LogP contribution is -2.06. The van der Waals surface area contributed by atoms with E-state index in [4.69, 9.17) is 23.8 Å². The molecule has 33 heavy (non-hydrogen) atoms. The quantitative estimate of drug-likeness (QED) is 0.142. The monoisotopic (exact) mass is 455 g/mol. The number of unbranched alkanes of at least 4 members (excludes halogenated alkanes) is 1. The van der Waals surface area contributed by atoms with Crippen molar-refractivity contribution in [3.8, 4) is 17.2 Å². The third-order valence-corrected chi connectivity index (χ3v) is 4.79. The Hall–Kier alpha value is -2.99. The van der Waals surface area contributed by atoms with Gasteiger partial charge in [0.2, 0.25) is 0 Å². The van der Waals surface area contributed by atoms with Gasteiger partial charge < -0.3 is 23.8 Å². The van der Waals surface area contributed by atoms with Gasteiger partial charge in [-0.15, -0.1) is 0 Å². The van der Waals surface area contributed by atoms with Crippen molar-refractivity contribution in [2.75, 3.05) is 33.5 Å². The number of benzene rings is 2. The second kappa shape index (κ2) is 15.0. The molecule has 0 saturated heterocycles. The summed E-state index contributed by atoms with van der Waals surface area (Å²) in [5, 5.41) is 3.83. The number of allylic oxidation sites excluding steroid dienone is 1. The molecule has 0 N–H and O–H groups in total. The van der Waals surface area contributed by atoms with Crippen LogP contribution >= 0.6 is 0 Å². The molecule has 180 valence electrons. The topological polar surface area (TPSA) is 58.5 Å². The molecule has 0 atom stereocenters. The summed E-state index contributed by atoms with van der Waals surface area (Å²) in [5.41, 5.74) is 4.03. The summed E-state index contributed by atoms with van der Waals surface area (Å²) < 4.78 is 23.3. The maximum Gasteiger partial charge on any atom is 0.125 e. The van der Waals surface area contributed by atoms with Crippen LogP contribution in [-0.4, -0.2) is 39.2 Å². The molecule has 6 heteroatoms. The summed E-state index contributed by atoms with van der Waals surface area (Å²) in [6.07, 6.45) is 5.80. The van der Waals surface area contributed by atoms with Gasteiger partial charge in [-0.2, -0.15) is 0 Å². The van der Waals surface area contributed by atoms with Crippen molar-refractivity contribution in [2.24, 2.45) is 5.16 Å². The Morgan fingerprint density at radius 3 is 2.36 bits per heavy atom. The molecular weight excluding hydrogens is 418 g/mol. The van der Waals surface area contributed by atoms with Crippen LogP contribution < -0.4 is 14.2 Å². The maximum absolute atomic E-state index is 6.04. The van der Waals surface area contributed by atoms with E-state index in [0.29, 0.717) is 33.0 Å². The van der Waals surface area contributed by atoms with E-state index in [0.717, 1.165) is 52.5 Å². The van der Waals surface area contributed by atoms with E-state index in [1.807, 2.05) is 62.4 Å². The fraction of sp³-hybridized carbons (Fsp3) is 0.444. The predicted octanol–water partition coefficient (Wildman–Crippen LogP) is 6.04. The summed E-state index contributed by atoms with van der Waals surface area (Å²) in [4.78, 5) is 4.73. The van der Waals surface area contributed by atoms with Gasteiger partial charge in [-0.1, -0.05) is 29.4 Å². The number of aryl methyl sites for hydroxylation is 2. The van der Waals surface area contributed by atoms with Crippen molar-refractivity contribution in [3.63, 3.8) is 0 Å². The van der Waals surface area contributed by atoms with Crippen molar-refractivity contribution in [2.45, 2.75) is 47.1 Å². The van der Waals surface area contributed by atoms with Crippen molar-refractivity contribution in [1.82, 2.24) is 0 Å². The van der Waals surface area contributed by atoms with Gasteiger partial charge in [0, 0.05) is 0 Å². The van der Waals surface area contributed by atoms with Crippen LogP contribution in [0.25, 0.3) is 0 Å². The lowest BCUT2D eigenvalue weighted by molar-refractivity contribution is 0.150. The van der Waals surface area contributed by atoms with Crippen molar-refractivity contribution in [3.05, 3.63) is 65.2 Å². The molecule has 0 radical (unpaired) electrons. The zero-order valence-electron chi connectivity index (χ0n) is 20.6. The number of nitrogens with zero attached hydrogens (tertiary/aromatic N) is 1. The standard InChI is InChI=1S/C27H37NO5/c1-6-7-13-32-26-16-21(2)27(22(3)17-26)33-15-9-8-14-31-25-12-10-11-24(18-25)20-30-19-23(4)28-29-5/h6-7,10-12,16-18H,8-9,13-15,19-20H2,1-5H3/b7-6+,28-23?. The molecule has 0 saturated carbocycles. The number of oxime groups is 1. The highest BCUT2D eigenvalue weighted by Crippen LogP contribution is 2.28. The Labute approximate surface area is 198 Å². The van der Waals surface area contributed by atoms with Crippen LogP contribution in [0.4, 0.5) is 0 Å². The summed E-state index contributed by atoms with van der Waals surface area (Å²) >= 11 is 0. The second-order valence-corrected chi connectivity index (χ2v) is 7.82.